The monoisotopic (exact) mass is 173 g/mol. The molecule has 0 aromatic carbocycles. The summed E-state index contributed by atoms with van der Waals surface area (Å²) in [5.41, 5.74) is 0. The number of nitrogens with zero attached hydrogens (tertiary/aromatic N) is 1. The van der Waals surface area contributed by atoms with Crippen molar-refractivity contribution in [1.29, 1.82) is 0 Å². The van der Waals surface area contributed by atoms with Gasteiger partial charge >= 0.3 is 5.97 Å². The van der Waals surface area contributed by atoms with Crippen molar-refractivity contribution in [2.75, 3.05) is 26.7 Å². The number of hydrogen-bond acceptors (Lipinski definition) is 4. The van der Waals surface area contributed by atoms with Gasteiger partial charge in [0.2, 0.25) is 6.29 Å². The molecular formula is C8H15NO3. The van der Waals surface area contributed by atoms with Gasteiger partial charge in [-0.2, -0.15) is 0 Å². The molecule has 1 atom stereocenters. The molecule has 0 saturated carbocycles. The Bertz CT molecular complexity index is 160. The van der Waals surface area contributed by atoms with Gasteiger partial charge in [0.15, 0.2) is 0 Å². The maximum atomic E-state index is 10.9. The van der Waals surface area contributed by atoms with Gasteiger partial charge in [0.1, 0.15) is 0 Å². The van der Waals surface area contributed by atoms with E-state index < -0.39 is 0 Å². The Balaban J connectivity index is 2.27. The van der Waals surface area contributed by atoms with Crippen LogP contribution in [0.3, 0.4) is 0 Å². The van der Waals surface area contributed by atoms with Crippen molar-refractivity contribution >= 4 is 5.97 Å². The van der Waals surface area contributed by atoms with Crippen LogP contribution in [0.1, 0.15) is 13.3 Å². The molecule has 1 unspecified atom stereocenters. The van der Waals surface area contributed by atoms with Crippen LogP contribution < -0.4 is 0 Å². The normalized spacial score (nSPS) is 25.3. The Kier molecular flexibility index (Phi) is 3.49. The second-order valence-electron chi connectivity index (χ2n) is 2.91. The highest BCUT2D eigenvalue weighted by molar-refractivity contribution is 5.68. The van der Waals surface area contributed by atoms with Crippen LogP contribution in [0.15, 0.2) is 0 Å². The number of likely N-dealkylation sites (N-methyl/N-ethyl adjacent to an activating group) is 1. The molecule has 12 heavy (non-hydrogen) atoms. The molecule has 0 aromatic rings. The summed E-state index contributed by atoms with van der Waals surface area (Å²) in [6, 6.07) is 0. The van der Waals surface area contributed by atoms with Gasteiger partial charge in [-0.1, -0.05) is 6.92 Å². The standard InChI is InChI=1S/C8H15NO3/c1-3-7(10)12-8-6-9(2)4-5-11-8/h8H,3-6H2,1-2H3. The summed E-state index contributed by atoms with van der Waals surface area (Å²) < 4.78 is 10.2. The highest BCUT2D eigenvalue weighted by Gasteiger charge is 2.20. The van der Waals surface area contributed by atoms with E-state index in [1.807, 2.05) is 7.05 Å². The molecule has 1 fully saturated rings. The van der Waals surface area contributed by atoms with Gasteiger partial charge in [-0.25, -0.2) is 0 Å². The molecule has 0 N–H and O–H groups in total. The Labute approximate surface area is 72.4 Å². The van der Waals surface area contributed by atoms with E-state index in [4.69, 9.17) is 9.47 Å². The molecule has 0 spiro atoms. The third kappa shape index (κ3) is 2.79. The van der Waals surface area contributed by atoms with Crippen LogP contribution in [0.5, 0.6) is 0 Å². The first-order valence-corrected chi connectivity index (χ1v) is 4.22. The molecule has 0 aromatic heterocycles. The minimum atomic E-state index is -0.365. The fraction of sp³-hybridized carbons (Fsp3) is 0.875. The molecule has 1 aliphatic rings. The minimum absolute atomic E-state index is 0.199. The van der Waals surface area contributed by atoms with Crippen LogP contribution in [0, 0.1) is 0 Å². The molecular weight excluding hydrogens is 158 g/mol. The van der Waals surface area contributed by atoms with Gasteiger partial charge in [-0.05, 0) is 7.05 Å². The second-order valence-corrected chi connectivity index (χ2v) is 2.91. The Hall–Kier alpha value is -0.610. The van der Waals surface area contributed by atoms with E-state index in [1.54, 1.807) is 6.92 Å². The van der Waals surface area contributed by atoms with Gasteiger partial charge in [0.05, 0.1) is 13.2 Å². The van der Waals surface area contributed by atoms with Crippen molar-refractivity contribution in [1.82, 2.24) is 4.90 Å². The number of ether oxygens (including phenoxy) is 2. The molecule has 1 aliphatic heterocycles. The average Bonchev–Trinajstić information content (AvgIpc) is 2.04. The Morgan fingerprint density at radius 2 is 2.50 bits per heavy atom. The summed E-state index contributed by atoms with van der Waals surface area (Å²) in [4.78, 5) is 12.9. The van der Waals surface area contributed by atoms with E-state index in [9.17, 15) is 4.79 Å². The highest BCUT2D eigenvalue weighted by Crippen LogP contribution is 2.05. The molecule has 0 aliphatic carbocycles. The number of carbonyl (C=O) groups excluding carboxylic acids is 1. The first kappa shape index (κ1) is 9.48. The van der Waals surface area contributed by atoms with Crippen LogP contribution in [-0.2, 0) is 14.3 Å². The first-order chi connectivity index (χ1) is 5.72. The molecule has 0 radical (unpaired) electrons. The van der Waals surface area contributed by atoms with Crippen LogP contribution in [0.25, 0.3) is 0 Å². The number of carbonyl (C=O) groups is 1. The molecule has 1 saturated heterocycles. The lowest BCUT2D eigenvalue weighted by Gasteiger charge is -2.29. The third-order valence-corrected chi connectivity index (χ3v) is 1.79. The zero-order chi connectivity index (χ0) is 8.97. The lowest BCUT2D eigenvalue weighted by molar-refractivity contribution is -0.192. The zero-order valence-corrected chi connectivity index (χ0v) is 7.58. The quantitative estimate of drug-likeness (QED) is 0.560. The first-order valence-electron chi connectivity index (χ1n) is 4.22. The minimum Gasteiger partial charge on any atom is -0.434 e. The fourth-order valence-electron chi connectivity index (χ4n) is 1.04. The smallest absolute Gasteiger partial charge is 0.307 e. The van der Waals surface area contributed by atoms with E-state index >= 15 is 0 Å². The summed E-state index contributed by atoms with van der Waals surface area (Å²) in [5.74, 6) is -0.199. The van der Waals surface area contributed by atoms with Crippen molar-refractivity contribution in [3.05, 3.63) is 0 Å². The van der Waals surface area contributed by atoms with Crippen LogP contribution in [0.4, 0.5) is 0 Å². The van der Waals surface area contributed by atoms with Gasteiger partial charge in [0, 0.05) is 13.0 Å². The number of esters is 1. The number of rotatable bonds is 2. The SMILES string of the molecule is CCC(=O)OC1CN(C)CCO1. The van der Waals surface area contributed by atoms with Gasteiger partial charge in [-0.3, -0.25) is 9.69 Å². The summed E-state index contributed by atoms with van der Waals surface area (Å²) >= 11 is 0. The molecule has 4 heteroatoms. The van der Waals surface area contributed by atoms with E-state index in [0.717, 1.165) is 6.54 Å². The maximum absolute atomic E-state index is 10.9. The van der Waals surface area contributed by atoms with Crippen LogP contribution >= 0.6 is 0 Å². The zero-order valence-electron chi connectivity index (χ0n) is 7.58. The summed E-state index contributed by atoms with van der Waals surface area (Å²) in [6.45, 7) is 3.99. The van der Waals surface area contributed by atoms with Crippen molar-refractivity contribution in [3.8, 4) is 0 Å². The summed E-state index contributed by atoms with van der Waals surface area (Å²) in [7, 11) is 1.98. The molecule has 70 valence electrons. The summed E-state index contributed by atoms with van der Waals surface area (Å²) in [6.07, 6.45) is 0.0417. The average molecular weight is 173 g/mol. The van der Waals surface area contributed by atoms with Gasteiger partial charge < -0.3 is 9.47 Å². The lowest BCUT2D eigenvalue weighted by atomic mass is 10.4. The van der Waals surface area contributed by atoms with E-state index in [1.165, 1.54) is 0 Å². The van der Waals surface area contributed by atoms with Crippen LogP contribution in [0.2, 0.25) is 0 Å². The van der Waals surface area contributed by atoms with Crippen molar-refractivity contribution < 1.29 is 14.3 Å². The molecule has 0 bridgehead atoms. The highest BCUT2D eigenvalue weighted by atomic mass is 16.7. The number of hydrogen-bond donors (Lipinski definition) is 0. The molecule has 1 heterocycles. The van der Waals surface area contributed by atoms with E-state index in [0.29, 0.717) is 19.6 Å². The summed E-state index contributed by atoms with van der Waals surface area (Å²) in [5, 5.41) is 0. The topological polar surface area (TPSA) is 38.8 Å². The maximum Gasteiger partial charge on any atom is 0.307 e. The molecule has 1 rings (SSSR count). The fourth-order valence-corrected chi connectivity index (χ4v) is 1.04. The lowest BCUT2D eigenvalue weighted by Crippen LogP contribution is -2.42. The van der Waals surface area contributed by atoms with E-state index in [-0.39, 0.29) is 12.3 Å². The Morgan fingerprint density at radius 3 is 3.08 bits per heavy atom. The Morgan fingerprint density at radius 1 is 1.75 bits per heavy atom. The molecule has 4 nitrogen and oxygen atoms in total. The van der Waals surface area contributed by atoms with Crippen molar-refractivity contribution in [2.45, 2.75) is 19.6 Å². The second kappa shape index (κ2) is 4.42. The van der Waals surface area contributed by atoms with Crippen molar-refractivity contribution in [2.24, 2.45) is 0 Å². The predicted molar refractivity (Wildman–Crippen MR) is 43.6 cm³/mol. The molecule has 0 amide bonds. The predicted octanol–water partition coefficient (Wildman–Crippen LogP) is 0.228. The van der Waals surface area contributed by atoms with Gasteiger partial charge in [-0.15, -0.1) is 0 Å². The van der Waals surface area contributed by atoms with Crippen LogP contribution in [-0.4, -0.2) is 43.9 Å². The van der Waals surface area contributed by atoms with Crippen molar-refractivity contribution in [3.63, 3.8) is 0 Å². The third-order valence-electron chi connectivity index (χ3n) is 1.79. The largest absolute Gasteiger partial charge is 0.434 e. The van der Waals surface area contributed by atoms with E-state index in [2.05, 4.69) is 4.90 Å². The van der Waals surface area contributed by atoms with Gasteiger partial charge in [0.25, 0.3) is 0 Å². The number of morpholine rings is 1.